The van der Waals surface area contributed by atoms with E-state index in [1.165, 1.54) is 0 Å². The molecule has 0 radical (unpaired) electrons. The van der Waals surface area contributed by atoms with Crippen molar-refractivity contribution in [2.75, 3.05) is 18.5 Å². The van der Waals surface area contributed by atoms with Crippen LogP contribution in [0, 0.1) is 0 Å². The van der Waals surface area contributed by atoms with Gasteiger partial charge in [-0.15, -0.1) is 0 Å². The van der Waals surface area contributed by atoms with Crippen LogP contribution in [-0.2, 0) is 4.74 Å². The largest absolute Gasteiger partial charge is 0.491 e. The molecule has 0 saturated carbocycles. The van der Waals surface area contributed by atoms with Crippen LogP contribution >= 0.6 is 0 Å². The number of carbonyl (C=O) groups is 1. The van der Waals surface area contributed by atoms with Gasteiger partial charge in [-0.05, 0) is 63.1 Å². The molecule has 138 valence electrons. The number of amides is 1. The van der Waals surface area contributed by atoms with Crippen LogP contribution in [0.1, 0.15) is 37.0 Å². The van der Waals surface area contributed by atoms with Crippen molar-refractivity contribution in [1.82, 2.24) is 10.3 Å². The Kier molecular flexibility index (Phi) is 6.07. The highest BCUT2D eigenvalue weighted by molar-refractivity contribution is 5.94. The molecule has 1 fully saturated rings. The highest BCUT2D eigenvalue weighted by Crippen LogP contribution is 2.20. The number of ether oxygens (including phenoxy) is 2. The van der Waals surface area contributed by atoms with Gasteiger partial charge in [0.25, 0.3) is 5.91 Å². The van der Waals surface area contributed by atoms with Gasteiger partial charge in [0.1, 0.15) is 11.6 Å². The Morgan fingerprint density at radius 3 is 2.81 bits per heavy atom. The Labute approximate surface area is 153 Å². The molecule has 2 aromatic rings. The van der Waals surface area contributed by atoms with Crippen molar-refractivity contribution in [3.63, 3.8) is 0 Å². The van der Waals surface area contributed by atoms with Crippen molar-refractivity contribution in [2.24, 2.45) is 0 Å². The van der Waals surface area contributed by atoms with E-state index in [4.69, 9.17) is 9.47 Å². The van der Waals surface area contributed by atoms with Crippen molar-refractivity contribution in [3.8, 4) is 5.75 Å². The summed E-state index contributed by atoms with van der Waals surface area (Å²) in [5.41, 5.74) is 1.45. The third kappa shape index (κ3) is 5.20. The van der Waals surface area contributed by atoms with E-state index in [1.807, 2.05) is 38.1 Å². The predicted octanol–water partition coefficient (Wildman–Crippen LogP) is 3.52. The predicted molar refractivity (Wildman–Crippen MR) is 101 cm³/mol. The van der Waals surface area contributed by atoms with E-state index >= 15 is 0 Å². The van der Waals surface area contributed by atoms with Gasteiger partial charge >= 0.3 is 0 Å². The fourth-order valence-electron chi connectivity index (χ4n) is 2.79. The quantitative estimate of drug-likeness (QED) is 0.795. The Morgan fingerprint density at radius 2 is 2.12 bits per heavy atom. The molecule has 1 amide bonds. The molecule has 0 aliphatic carbocycles. The zero-order valence-corrected chi connectivity index (χ0v) is 15.2. The lowest BCUT2D eigenvalue weighted by molar-refractivity contribution is 0.0857. The summed E-state index contributed by atoms with van der Waals surface area (Å²) in [5.74, 6) is 1.32. The van der Waals surface area contributed by atoms with E-state index < -0.39 is 0 Å². The molecule has 0 bridgehead atoms. The number of rotatable bonds is 7. The molecule has 6 nitrogen and oxygen atoms in total. The van der Waals surface area contributed by atoms with Crippen LogP contribution in [-0.4, -0.2) is 36.3 Å². The molecule has 1 aromatic heterocycles. The molecule has 1 unspecified atom stereocenters. The third-order valence-corrected chi connectivity index (χ3v) is 4.03. The Balaban J connectivity index is 1.58. The summed E-state index contributed by atoms with van der Waals surface area (Å²) in [6.45, 7) is 5.31. The number of pyridine rings is 1. The molecule has 1 aliphatic rings. The van der Waals surface area contributed by atoms with Gasteiger partial charge in [-0.2, -0.15) is 0 Å². The average Bonchev–Trinajstić information content (AvgIpc) is 3.15. The van der Waals surface area contributed by atoms with E-state index in [1.54, 1.807) is 18.3 Å². The second kappa shape index (κ2) is 8.67. The Bertz CT molecular complexity index is 725. The second-order valence-electron chi connectivity index (χ2n) is 6.59. The lowest BCUT2D eigenvalue weighted by Crippen LogP contribution is -2.31. The number of hydrogen-bond donors (Lipinski definition) is 2. The van der Waals surface area contributed by atoms with Gasteiger partial charge in [0.05, 0.1) is 12.2 Å². The van der Waals surface area contributed by atoms with E-state index in [0.29, 0.717) is 17.9 Å². The molecule has 1 atom stereocenters. The zero-order chi connectivity index (χ0) is 18.4. The van der Waals surface area contributed by atoms with Crippen molar-refractivity contribution < 1.29 is 14.3 Å². The van der Waals surface area contributed by atoms with E-state index in [2.05, 4.69) is 15.6 Å². The van der Waals surface area contributed by atoms with Gasteiger partial charge in [-0.3, -0.25) is 4.79 Å². The van der Waals surface area contributed by atoms with Gasteiger partial charge in [-0.25, -0.2) is 4.98 Å². The maximum atomic E-state index is 12.3. The molecule has 3 rings (SSSR count). The smallest absolute Gasteiger partial charge is 0.251 e. The topological polar surface area (TPSA) is 72.5 Å². The molecule has 6 heteroatoms. The molecule has 1 aromatic carbocycles. The minimum Gasteiger partial charge on any atom is -0.491 e. The number of nitrogens with zero attached hydrogens (tertiary/aromatic N) is 1. The highest BCUT2D eigenvalue weighted by atomic mass is 16.5. The maximum Gasteiger partial charge on any atom is 0.251 e. The highest BCUT2D eigenvalue weighted by Gasteiger charge is 2.16. The van der Waals surface area contributed by atoms with Crippen LogP contribution in [0.2, 0.25) is 0 Å². The second-order valence-corrected chi connectivity index (χ2v) is 6.59. The van der Waals surface area contributed by atoms with Crippen LogP contribution in [0.5, 0.6) is 5.75 Å². The average molecular weight is 355 g/mol. The monoisotopic (exact) mass is 355 g/mol. The van der Waals surface area contributed by atoms with Crippen LogP contribution < -0.4 is 15.4 Å². The summed E-state index contributed by atoms with van der Waals surface area (Å²) < 4.78 is 11.2. The summed E-state index contributed by atoms with van der Waals surface area (Å²) in [6.07, 6.45) is 3.95. The van der Waals surface area contributed by atoms with Gasteiger partial charge in [0, 0.05) is 30.6 Å². The van der Waals surface area contributed by atoms with E-state index in [9.17, 15) is 4.79 Å². The number of nitrogens with one attached hydrogen (secondary N) is 2. The van der Waals surface area contributed by atoms with Gasteiger partial charge in [0.2, 0.25) is 0 Å². The fraction of sp³-hybridized carbons (Fsp3) is 0.400. The number of carbonyl (C=O) groups excluding carboxylic acids is 1. The molecule has 1 aliphatic heterocycles. The maximum absolute atomic E-state index is 12.3. The molecule has 1 saturated heterocycles. The Hall–Kier alpha value is -2.60. The SMILES string of the molecule is CC(C)Oc1ccc(Nc2cc(C(=O)NCC3CCCO3)ccn2)cc1. The number of anilines is 2. The molecule has 26 heavy (non-hydrogen) atoms. The summed E-state index contributed by atoms with van der Waals surface area (Å²) in [6, 6.07) is 11.1. The summed E-state index contributed by atoms with van der Waals surface area (Å²) in [4.78, 5) is 16.6. The molecule has 0 spiro atoms. The third-order valence-electron chi connectivity index (χ3n) is 4.03. The summed E-state index contributed by atoms with van der Waals surface area (Å²) >= 11 is 0. The van der Waals surface area contributed by atoms with Crippen LogP contribution in [0.25, 0.3) is 0 Å². The van der Waals surface area contributed by atoms with Gasteiger partial charge in [0.15, 0.2) is 0 Å². The first-order chi connectivity index (χ1) is 12.6. The van der Waals surface area contributed by atoms with Crippen LogP contribution in [0.3, 0.4) is 0 Å². The normalized spacial score (nSPS) is 16.5. The summed E-state index contributed by atoms with van der Waals surface area (Å²) in [5, 5.41) is 6.13. The van der Waals surface area contributed by atoms with E-state index in [0.717, 1.165) is 30.9 Å². The minimum atomic E-state index is -0.119. The standard InChI is InChI=1S/C20H25N3O3/c1-14(2)26-17-7-5-16(6-8-17)23-19-12-15(9-10-21-19)20(24)22-13-18-4-3-11-25-18/h5-10,12,14,18H,3-4,11,13H2,1-2H3,(H,21,23)(H,22,24). The van der Waals surface area contributed by atoms with Crippen molar-refractivity contribution in [1.29, 1.82) is 0 Å². The molecule has 2 heterocycles. The molecular formula is C20H25N3O3. The van der Waals surface area contributed by atoms with Crippen molar-refractivity contribution in [3.05, 3.63) is 48.2 Å². The molecular weight excluding hydrogens is 330 g/mol. The van der Waals surface area contributed by atoms with Gasteiger partial charge in [-0.1, -0.05) is 0 Å². The zero-order valence-electron chi connectivity index (χ0n) is 15.2. The minimum absolute atomic E-state index is 0.119. The van der Waals surface area contributed by atoms with E-state index in [-0.39, 0.29) is 18.1 Å². The Morgan fingerprint density at radius 1 is 1.31 bits per heavy atom. The summed E-state index contributed by atoms with van der Waals surface area (Å²) in [7, 11) is 0. The van der Waals surface area contributed by atoms with Crippen molar-refractivity contribution in [2.45, 2.75) is 38.9 Å². The first-order valence-electron chi connectivity index (χ1n) is 9.00. The number of aromatic nitrogens is 1. The fourth-order valence-corrected chi connectivity index (χ4v) is 2.79. The lowest BCUT2D eigenvalue weighted by Gasteiger charge is -2.12. The van der Waals surface area contributed by atoms with Crippen LogP contribution in [0.4, 0.5) is 11.5 Å². The first-order valence-corrected chi connectivity index (χ1v) is 9.00. The first kappa shape index (κ1) is 18.2. The van der Waals surface area contributed by atoms with Gasteiger partial charge < -0.3 is 20.1 Å². The van der Waals surface area contributed by atoms with Crippen molar-refractivity contribution >= 4 is 17.4 Å². The molecule has 2 N–H and O–H groups in total. The number of benzene rings is 1. The lowest BCUT2D eigenvalue weighted by atomic mass is 10.2. The number of hydrogen-bond acceptors (Lipinski definition) is 5. The van der Waals surface area contributed by atoms with Crippen LogP contribution in [0.15, 0.2) is 42.6 Å².